The van der Waals surface area contributed by atoms with Crippen molar-refractivity contribution in [1.82, 2.24) is 0 Å². The average Bonchev–Trinajstić information content (AvgIpc) is 2.64. The average molecular weight is 342 g/mol. The first-order chi connectivity index (χ1) is 12.0. The molecule has 25 heavy (non-hydrogen) atoms. The van der Waals surface area contributed by atoms with Gasteiger partial charge >= 0.3 is 5.97 Å². The molecule has 0 spiro atoms. The summed E-state index contributed by atoms with van der Waals surface area (Å²) >= 11 is 0. The Morgan fingerprint density at radius 3 is 2.68 bits per heavy atom. The first kappa shape index (κ1) is 18.0. The van der Waals surface area contributed by atoms with Gasteiger partial charge in [0.15, 0.2) is 0 Å². The molecule has 0 aliphatic carbocycles. The number of hydrogen-bond donors (Lipinski definition) is 1. The molecule has 0 heterocycles. The van der Waals surface area contributed by atoms with Gasteiger partial charge in [0.05, 0.1) is 19.1 Å². The lowest BCUT2D eigenvalue weighted by atomic mass is 10.1. The zero-order valence-corrected chi connectivity index (χ0v) is 13.9. The van der Waals surface area contributed by atoms with E-state index in [9.17, 15) is 14.9 Å². The van der Waals surface area contributed by atoms with Crippen molar-refractivity contribution in [3.8, 4) is 5.75 Å². The SMILES string of the molecule is COC(=O)/C=C/c1ccc(NCc2ccccc2OC)c([N+](=O)[O-])c1. The Morgan fingerprint density at radius 2 is 2.00 bits per heavy atom. The van der Waals surface area contributed by atoms with E-state index < -0.39 is 10.9 Å². The lowest BCUT2D eigenvalue weighted by molar-refractivity contribution is -0.384. The van der Waals surface area contributed by atoms with Crippen molar-refractivity contribution in [1.29, 1.82) is 0 Å². The molecule has 1 N–H and O–H groups in total. The van der Waals surface area contributed by atoms with Crippen LogP contribution in [0.5, 0.6) is 5.75 Å². The summed E-state index contributed by atoms with van der Waals surface area (Å²) in [5.74, 6) is 0.177. The number of anilines is 1. The normalized spacial score (nSPS) is 10.5. The van der Waals surface area contributed by atoms with Crippen molar-refractivity contribution < 1.29 is 19.2 Å². The number of esters is 1. The lowest BCUT2D eigenvalue weighted by Crippen LogP contribution is -2.04. The van der Waals surface area contributed by atoms with Gasteiger partial charge in [0.1, 0.15) is 11.4 Å². The Morgan fingerprint density at radius 1 is 1.24 bits per heavy atom. The smallest absolute Gasteiger partial charge is 0.330 e. The largest absolute Gasteiger partial charge is 0.496 e. The fraction of sp³-hybridized carbons (Fsp3) is 0.167. The number of carbonyl (C=O) groups excluding carboxylic acids is 1. The molecule has 0 unspecified atom stereocenters. The zero-order chi connectivity index (χ0) is 18.2. The van der Waals surface area contributed by atoms with Crippen LogP contribution >= 0.6 is 0 Å². The number of nitrogens with zero attached hydrogens (tertiary/aromatic N) is 1. The number of carbonyl (C=O) groups is 1. The van der Waals surface area contributed by atoms with E-state index >= 15 is 0 Å². The van der Waals surface area contributed by atoms with E-state index in [0.29, 0.717) is 23.5 Å². The monoisotopic (exact) mass is 342 g/mol. The van der Waals surface area contributed by atoms with Crippen molar-refractivity contribution >= 4 is 23.4 Å². The van der Waals surface area contributed by atoms with Gasteiger partial charge in [-0.1, -0.05) is 24.3 Å². The zero-order valence-electron chi connectivity index (χ0n) is 13.9. The number of methoxy groups -OCH3 is 2. The van der Waals surface area contributed by atoms with Gasteiger partial charge in [-0.05, 0) is 23.8 Å². The third-order valence-corrected chi connectivity index (χ3v) is 3.49. The second-order valence-electron chi connectivity index (χ2n) is 5.06. The second kappa shape index (κ2) is 8.49. The van der Waals surface area contributed by atoms with Gasteiger partial charge in [0.25, 0.3) is 5.69 Å². The summed E-state index contributed by atoms with van der Waals surface area (Å²) in [4.78, 5) is 22.0. The van der Waals surface area contributed by atoms with Crippen molar-refractivity contribution in [3.63, 3.8) is 0 Å². The highest BCUT2D eigenvalue weighted by molar-refractivity contribution is 5.87. The van der Waals surface area contributed by atoms with E-state index in [1.54, 1.807) is 19.2 Å². The molecule has 0 radical (unpaired) electrons. The number of hydrogen-bond acceptors (Lipinski definition) is 6. The first-order valence-electron chi connectivity index (χ1n) is 7.45. The van der Waals surface area contributed by atoms with E-state index in [-0.39, 0.29) is 5.69 Å². The van der Waals surface area contributed by atoms with Crippen LogP contribution in [0.15, 0.2) is 48.5 Å². The van der Waals surface area contributed by atoms with Crippen LogP contribution in [0, 0.1) is 10.1 Å². The minimum absolute atomic E-state index is 0.0816. The van der Waals surface area contributed by atoms with Crippen molar-refractivity contribution in [3.05, 3.63) is 69.8 Å². The third-order valence-electron chi connectivity index (χ3n) is 3.49. The van der Waals surface area contributed by atoms with Gasteiger partial charge in [-0.2, -0.15) is 0 Å². The molecule has 0 saturated carbocycles. The van der Waals surface area contributed by atoms with Gasteiger partial charge in [-0.25, -0.2) is 4.79 Å². The number of nitrogens with one attached hydrogen (secondary N) is 1. The van der Waals surface area contributed by atoms with Crippen LogP contribution in [-0.4, -0.2) is 25.1 Å². The molecule has 0 amide bonds. The summed E-state index contributed by atoms with van der Waals surface area (Å²) in [7, 11) is 2.84. The predicted molar refractivity (Wildman–Crippen MR) is 94.5 cm³/mol. The van der Waals surface area contributed by atoms with Crippen molar-refractivity contribution in [2.24, 2.45) is 0 Å². The molecule has 2 rings (SSSR count). The number of nitro groups is 1. The Balaban J connectivity index is 2.21. The van der Waals surface area contributed by atoms with Crippen LogP contribution in [0.2, 0.25) is 0 Å². The molecule has 7 nitrogen and oxygen atoms in total. The third kappa shape index (κ3) is 4.81. The van der Waals surface area contributed by atoms with Gasteiger partial charge in [-0.3, -0.25) is 10.1 Å². The molecule has 7 heteroatoms. The summed E-state index contributed by atoms with van der Waals surface area (Å²) in [6.45, 7) is 0.377. The van der Waals surface area contributed by atoms with Crippen LogP contribution in [-0.2, 0) is 16.1 Å². The van der Waals surface area contributed by atoms with Crippen LogP contribution in [0.25, 0.3) is 6.08 Å². The summed E-state index contributed by atoms with van der Waals surface area (Å²) in [6.07, 6.45) is 2.67. The van der Waals surface area contributed by atoms with E-state index in [1.807, 2.05) is 24.3 Å². The van der Waals surface area contributed by atoms with Gasteiger partial charge < -0.3 is 14.8 Å². The highest BCUT2D eigenvalue weighted by Gasteiger charge is 2.14. The molecule has 0 atom stereocenters. The molecule has 130 valence electrons. The molecule has 2 aromatic rings. The molecule has 0 saturated heterocycles. The topological polar surface area (TPSA) is 90.7 Å². The Kier molecular flexibility index (Phi) is 6.11. The summed E-state index contributed by atoms with van der Waals surface area (Å²) in [6, 6.07) is 12.1. The molecule has 0 aromatic heterocycles. The van der Waals surface area contributed by atoms with Crippen LogP contribution < -0.4 is 10.1 Å². The molecule has 2 aromatic carbocycles. The molecular weight excluding hydrogens is 324 g/mol. The lowest BCUT2D eigenvalue weighted by Gasteiger charge is -2.11. The second-order valence-corrected chi connectivity index (χ2v) is 5.06. The van der Waals surface area contributed by atoms with E-state index in [2.05, 4.69) is 10.1 Å². The first-order valence-corrected chi connectivity index (χ1v) is 7.45. The molecule has 0 aliphatic heterocycles. The fourth-order valence-electron chi connectivity index (χ4n) is 2.22. The van der Waals surface area contributed by atoms with E-state index in [1.165, 1.54) is 25.3 Å². The van der Waals surface area contributed by atoms with E-state index in [0.717, 1.165) is 5.56 Å². The molecule has 0 aliphatic rings. The summed E-state index contributed by atoms with van der Waals surface area (Å²) < 4.78 is 9.77. The Bertz CT molecular complexity index is 802. The van der Waals surface area contributed by atoms with Gasteiger partial charge in [0, 0.05) is 24.3 Å². The van der Waals surface area contributed by atoms with Gasteiger partial charge in [-0.15, -0.1) is 0 Å². The summed E-state index contributed by atoms with van der Waals surface area (Å²) in [5, 5.41) is 14.4. The van der Waals surface area contributed by atoms with Crippen LogP contribution in [0.4, 0.5) is 11.4 Å². The minimum Gasteiger partial charge on any atom is -0.496 e. The van der Waals surface area contributed by atoms with Crippen molar-refractivity contribution in [2.75, 3.05) is 19.5 Å². The number of benzene rings is 2. The minimum atomic E-state index is -0.527. The van der Waals surface area contributed by atoms with Gasteiger partial charge in [0.2, 0.25) is 0 Å². The van der Waals surface area contributed by atoms with Crippen LogP contribution in [0.1, 0.15) is 11.1 Å². The highest BCUT2D eigenvalue weighted by atomic mass is 16.6. The maximum atomic E-state index is 11.3. The number of para-hydroxylation sites is 1. The number of rotatable bonds is 7. The Hall–Kier alpha value is -3.35. The van der Waals surface area contributed by atoms with E-state index in [4.69, 9.17) is 4.74 Å². The quantitative estimate of drug-likeness (QED) is 0.359. The summed E-state index contributed by atoms with van der Waals surface area (Å²) in [5.41, 5.74) is 1.71. The maximum Gasteiger partial charge on any atom is 0.330 e. The predicted octanol–water partition coefficient (Wildman–Crippen LogP) is 3.40. The molecule has 0 fully saturated rings. The molecular formula is C18H18N2O5. The number of ether oxygens (including phenoxy) is 2. The fourth-order valence-corrected chi connectivity index (χ4v) is 2.22. The van der Waals surface area contributed by atoms with Crippen LogP contribution in [0.3, 0.4) is 0 Å². The standard InChI is InChI=1S/C18H18N2O5/c1-24-17-6-4-3-5-14(17)12-19-15-9-7-13(8-10-18(21)25-2)11-16(15)20(22)23/h3-11,19H,12H2,1-2H3/b10-8+. The number of nitro benzene ring substituents is 1. The highest BCUT2D eigenvalue weighted by Crippen LogP contribution is 2.28. The maximum absolute atomic E-state index is 11.3. The van der Waals surface area contributed by atoms with Crippen molar-refractivity contribution in [2.45, 2.75) is 6.54 Å². The molecule has 0 bridgehead atoms. The Labute approximate surface area is 145 Å².